The van der Waals surface area contributed by atoms with Crippen LogP contribution in [-0.2, 0) is 21.4 Å². The topological polar surface area (TPSA) is 55.4 Å². The summed E-state index contributed by atoms with van der Waals surface area (Å²) in [4.78, 5) is 25.4. The van der Waals surface area contributed by atoms with Crippen molar-refractivity contribution in [2.45, 2.75) is 37.3 Å². The van der Waals surface area contributed by atoms with E-state index in [1.807, 2.05) is 0 Å². The lowest BCUT2D eigenvalue weighted by atomic mass is 9.71. The largest absolute Gasteiger partial charge is 0.484 e. The van der Waals surface area contributed by atoms with Gasteiger partial charge in [0.1, 0.15) is 11.6 Å². The quantitative estimate of drug-likeness (QED) is 0.344. The van der Waals surface area contributed by atoms with Crippen molar-refractivity contribution in [2.75, 3.05) is 6.61 Å². The summed E-state index contributed by atoms with van der Waals surface area (Å²) in [6.07, 6.45) is 0.0221. The molecule has 1 aliphatic heterocycles. The highest BCUT2D eigenvalue weighted by molar-refractivity contribution is 6.13. The zero-order valence-electron chi connectivity index (χ0n) is 18.3. The van der Waals surface area contributed by atoms with Gasteiger partial charge >= 0.3 is 6.18 Å². The smallest absolute Gasteiger partial charge is 0.422 e. The molecule has 2 unspecified atom stereocenters. The Morgan fingerprint density at radius 2 is 1.86 bits per heavy atom. The molecule has 0 saturated carbocycles. The molecule has 2 aliphatic rings. The lowest BCUT2D eigenvalue weighted by Gasteiger charge is -2.35. The average Bonchev–Trinajstić information content (AvgIpc) is 2.79. The lowest BCUT2D eigenvalue weighted by Crippen LogP contribution is -2.51. The average molecular weight is 495 g/mol. The zero-order valence-corrected chi connectivity index (χ0v) is 18.3. The number of rotatable bonds is 5. The number of hydrogen-bond donors (Lipinski definition) is 1. The molecule has 10 heteroatoms. The number of allylic oxidation sites excluding steroid dienone is 3. The maximum Gasteiger partial charge on any atom is 0.422 e. The summed E-state index contributed by atoms with van der Waals surface area (Å²) in [6.45, 7) is -0.0310. The Morgan fingerprint density at radius 1 is 1.11 bits per heavy atom. The standard InChI is InChI=1S/C25H19F6NO3/c1-24(11-15-7-16(26)10-20(27)21(15)28)19-9-14(5-6-18(19)22(33)32-23(24)34)13-3-2-4-17(8-13)35-12-25(29,30)31/h2,4-10,13H,3,11-12H2,1H3,(H,32,33,34). The summed E-state index contributed by atoms with van der Waals surface area (Å²) >= 11 is 0. The van der Waals surface area contributed by atoms with E-state index in [9.17, 15) is 35.9 Å². The summed E-state index contributed by atoms with van der Waals surface area (Å²) in [7, 11) is 0. The van der Waals surface area contributed by atoms with Crippen LogP contribution in [0.3, 0.4) is 0 Å². The van der Waals surface area contributed by atoms with E-state index in [1.54, 1.807) is 18.2 Å². The van der Waals surface area contributed by atoms with Crippen LogP contribution in [0.25, 0.3) is 0 Å². The number of imide groups is 1. The van der Waals surface area contributed by atoms with Crippen molar-refractivity contribution in [2.24, 2.45) is 0 Å². The SMILES string of the molecule is CC1(Cc2cc(F)cc(F)c2F)C(=O)NC(=O)c2ccc(C3C=C(OCC(F)(F)F)C=CC3)cc21. The summed E-state index contributed by atoms with van der Waals surface area (Å²) in [5.74, 6) is -5.60. The predicted molar refractivity (Wildman–Crippen MR) is 113 cm³/mol. The van der Waals surface area contributed by atoms with Crippen LogP contribution in [0.2, 0.25) is 0 Å². The number of halogens is 6. The van der Waals surface area contributed by atoms with Gasteiger partial charge in [-0.15, -0.1) is 0 Å². The molecule has 0 saturated heterocycles. The first kappa shape index (κ1) is 24.6. The molecule has 2 aromatic carbocycles. The summed E-state index contributed by atoms with van der Waals surface area (Å²) in [5, 5.41) is 2.19. The van der Waals surface area contributed by atoms with Gasteiger partial charge in [0.25, 0.3) is 5.91 Å². The van der Waals surface area contributed by atoms with E-state index in [0.717, 1.165) is 6.07 Å². The van der Waals surface area contributed by atoms with Crippen LogP contribution in [0.5, 0.6) is 0 Å². The molecule has 0 spiro atoms. The van der Waals surface area contributed by atoms with Gasteiger partial charge in [-0.1, -0.05) is 18.2 Å². The van der Waals surface area contributed by atoms with Crippen molar-refractivity contribution in [1.29, 1.82) is 0 Å². The van der Waals surface area contributed by atoms with Gasteiger partial charge in [-0.2, -0.15) is 13.2 Å². The Labute approximate surface area is 196 Å². The molecule has 1 heterocycles. The number of fused-ring (bicyclic) bond motifs is 1. The monoisotopic (exact) mass is 495 g/mol. The van der Waals surface area contributed by atoms with Gasteiger partial charge in [0.05, 0.1) is 5.41 Å². The van der Waals surface area contributed by atoms with E-state index in [-0.39, 0.29) is 22.4 Å². The second kappa shape index (κ2) is 8.90. The highest BCUT2D eigenvalue weighted by Gasteiger charge is 2.44. The van der Waals surface area contributed by atoms with E-state index >= 15 is 0 Å². The van der Waals surface area contributed by atoms with Crippen molar-refractivity contribution < 1.29 is 40.7 Å². The molecular formula is C25H19F6NO3. The van der Waals surface area contributed by atoms with Crippen molar-refractivity contribution in [1.82, 2.24) is 5.32 Å². The molecule has 1 aliphatic carbocycles. The number of benzene rings is 2. The summed E-state index contributed by atoms with van der Waals surface area (Å²) in [5.41, 5.74) is -1.04. The first-order valence-electron chi connectivity index (χ1n) is 10.6. The molecule has 2 aromatic rings. The van der Waals surface area contributed by atoms with Crippen LogP contribution in [0.1, 0.15) is 46.3 Å². The molecular weight excluding hydrogens is 476 g/mol. The number of alkyl halides is 3. The minimum Gasteiger partial charge on any atom is -0.484 e. The van der Waals surface area contributed by atoms with Crippen LogP contribution in [0.4, 0.5) is 26.3 Å². The molecule has 0 bridgehead atoms. The van der Waals surface area contributed by atoms with Crippen LogP contribution in [-0.4, -0.2) is 24.6 Å². The molecule has 2 amide bonds. The zero-order chi connectivity index (χ0) is 25.5. The minimum atomic E-state index is -4.51. The molecule has 184 valence electrons. The Balaban J connectivity index is 1.73. The maximum atomic E-state index is 14.4. The van der Waals surface area contributed by atoms with E-state index in [0.29, 0.717) is 18.1 Å². The van der Waals surface area contributed by atoms with Crippen LogP contribution >= 0.6 is 0 Å². The number of ether oxygens (including phenoxy) is 1. The van der Waals surface area contributed by atoms with Gasteiger partial charge in [0, 0.05) is 17.5 Å². The van der Waals surface area contributed by atoms with Gasteiger partial charge in [0.2, 0.25) is 5.91 Å². The third-order valence-electron chi connectivity index (χ3n) is 6.09. The number of hydrogen-bond acceptors (Lipinski definition) is 3. The van der Waals surface area contributed by atoms with Gasteiger partial charge < -0.3 is 4.74 Å². The maximum absolute atomic E-state index is 14.4. The Morgan fingerprint density at radius 3 is 2.57 bits per heavy atom. The van der Waals surface area contributed by atoms with E-state index in [4.69, 9.17) is 4.74 Å². The Kier molecular flexibility index (Phi) is 6.25. The third kappa shape index (κ3) is 4.96. The van der Waals surface area contributed by atoms with Crippen LogP contribution < -0.4 is 5.32 Å². The molecule has 0 aromatic heterocycles. The number of nitrogens with one attached hydrogen (secondary N) is 1. The van der Waals surface area contributed by atoms with E-state index in [1.165, 1.54) is 25.1 Å². The summed E-state index contributed by atoms with van der Waals surface area (Å²) < 4.78 is 84.3. The first-order valence-corrected chi connectivity index (χ1v) is 10.6. The fraction of sp³-hybridized carbons (Fsp3) is 0.280. The molecule has 35 heavy (non-hydrogen) atoms. The molecule has 4 rings (SSSR count). The number of amides is 2. The fourth-order valence-electron chi connectivity index (χ4n) is 4.32. The molecule has 0 fully saturated rings. The normalized spacial score (nSPS) is 21.9. The molecule has 1 N–H and O–H groups in total. The second-order valence-corrected chi connectivity index (χ2v) is 8.68. The second-order valence-electron chi connectivity index (χ2n) is 8.68. The molecule has 2 atom stereocenters. The minimum absolute atomic E-state index is 0.0187. The fourth-order valence-corrected chi connectivity index (χ4v) is 4.32. The predicted octanol–water partition coefficient (Wildman–Crippen LogP) is 5.38. The van der Waals surface area contributed by atoms with Crippen LogP contribution in [0.15, 0.2) is 54.3 Å². The van der Waals surface area contributed by atoms with Crippen molar-refractivity contribution in [3.63, 3.8) is 0 Å². The first-order chi connectivity index (χ1) is 16.4. The highest BCUT2D eigenvalue weighted by Crippen LogP contribution is 2.38. The summed E-state index contributed by atoms with van der Waals surface area (Å²) in [6, 6.07) is 5.77. The Bertz CT molecular complexity index is 1270. The van der Waals surface area contributed by atoms with Crippen LogP contribution in [0, 0.1) is 17.5 Å². The van der Waals surface area contributed by atoms with Crippen molar-refractivity contribution in [3.05, 3.63) is 94.0 Å². The molecule has 4 nitrogen and oxygen atoms in total. The van der Waals surface area contributed by atoms with E-state index in [2.05, 4.69) is 5.32 Å². The number of carbonyl (C=O) groups is 2. The third-order valence-corrected chi connectivity index (χ3v) is 6.09. The van der Waals surface area contributed by atoms with Crippen molar-refractivity contribution >= 4 is 11.8 Å². The Hall–Kier alpha value is -3.56. The van der Waals surface area contributed by atoms with Gasteiger partial charge in [-0.05, 0) is 60.7 Å². The van der Waals surface area contributed by atoms with Crippen molar-refractivity contribution in [3.8, 4) is 0 Å². The van der Waals surface area contributed by atoms with Gasteiger partial charge in [-0.25, -0.2) is 13.2 Å². The molecule has 0 radical (unpaired) electrons. The lowest BCUT2D eigenvalue weighted by molar-refractivity contribution is -0.163. The van der Waals surface area contributed by atoms with Gasteiger partial charge in [-0.3, -0.25) is 14.9 Å². The van der Waals surface area contributed by atoms with Gasteiger partial charge in [0.15, 0.2) is 18.2 Å². The number of carbonyl (C=O) groups excluding carboxylic acids is 2. The van der Waals surface area contributed by atoms with E-state index < -0.39 is 59.8 Å². The highest BCUT2D eigenvalue weighted by atomic mass is 19.4.